The van der Waals surface area contributed by atoms with Crippen LogP contribution in [0.2, 0.25) is 5.02 Å². The van der Waals surface area contributed by atoms with Gasteiger partial charge in [-0.25, -0.2) is 12.7 Å². The number of halogens is 1. The molecule has 2 aromatic rings. The molecule has 0 aliphatic carbocycles. The molecule has 25 heavy (non-hydrogen) atoms. The van der Waals surface area contributed by atoms with Crippen molar-refractivity contribution in [3.05, 3.63) is 58.9 Å². The van der Waals surface area contributed by atoms with Crippen molar-refractivity contribution in [2.75, 3.05) is 10.1 Å². The van der Waals surface area contributed by atoms with Crippen molar-refractivity contribution >= 4 is 39.1 Å². The van der Waals surface area contributed by atoms with Crippen LogP contribution in [0.4, 0.5) is 5.69 Å². The minimum Gasteiger partial charge on any atom is -0.348 e. The molecule has 1 aliphatic rings. The van der Waals surface area contributed by atoms with Gasteiger partial charge >= 0.3 is 0 Å². The van der Waals surface area contributed by atoms with Crippen molar-refractivity contribution in [1.82, 2.24) is 10.3 Å². The summed E-state index contributed by atoms with van der Waals surface area (Å²) in [6, 6.07) is 7.63. The Morgan fingerprint density at radius 3 is 2.60 bits per heavy atom. The minimum atomic E-state index is -3.70. The summed E-state index contributed by atoms with van der Waals surface area (Å²) in [7, 11) is -3.70. The number of carbonyl (C=O) groups is 2. The van der Waals surface area contributed by atoms with Crippen LogP contribution in [0.15, 0.2) is 42.7 Å². The van der Waals surface area contributed by atoms with Gasteiger partial charge in [-0.15, -0.1) is 0 Å². The van der Waals surface area contributed by atoms with Gasteiger partial charge in [-0.3, -0.25) is 14.6 Å². The van der Waals surface area contributed by atoms with Crippen LogP contribution < -0.4 is 9.62 Å². The molecule has 2 heterocycles. The Morgan fingerprint density at radius 1 is 1.24 bits per heavy atom. The maximum Gasteiger partial charge on any atom is 0.253 e. The van der Waals surface area contributed by atoms with E-state index in [1.54, 1.807) is 24.5 Å². The highest BCUT2D eigenvalue weighted by atomic mass is 35.5. The molecule has 3 rings (SSSR count). The van der Waals surface area contributed by atoms with Gasteiger partial charge in [0, 0.05) is 25.4 Å². The normalized spacial score (nSPS) is 16.0. The van der Waals surface area contributed by atoms with Crippen LogP contribution >= 0.6 is 11.6 Å². The van der Waals surface area contributed by atoms with Gasteiger partial charge in [0.15, 0.2) is 0 Å². The van der Waals surface area contributed by atoms with Crippen molar-refractivity contribution in [2.45, 2.75) is 13.0 Å². The van der Waals surface area contributed by atoms with Gasteiger partial charge in [0.1, 0.15) is 0 Å². The molecule has 0 radical (unpaired) electrons. The highest BCUT2D eigenvalue weighted by molar-refractivity contribution is 7.94. The lowest BCUT2D eigenvalue weighted by atomic mass is 10.1. The highest BCUT2D eigenvalue weighted by Crippen LogP contribution is 2.29. The van der Waals surface area contributed by atoms with E-state index < -0.39 is 21.8 Å². The maximum atomic E-state index is 12.4. The molecule has 0 unspecified atom stereocenters. The lowest BCUT2D eigenvalue weighted by Gasteiger charge is -2.16. The predicted octanol–water partition coefficient (Wildman–Crippen LogP) is 1.73. The zero-order valence-electron chi connectivity index (χ0n) is 13.0. The van der Waals surface area contributed by atoms with Gasteiger partial charge in [-0.05, 0) is 35.9 Å². The first-order chi connectivity index (χ1) is 11.9. The van der Waals surface area contributed by atoms with Crippen LogP contribution in [0.5, 0.6) is 0 Å². The Kier molecular flexibility index (Phi) is 4.73. The standard InChI is InChI=1S/C16H14ClN3O4S/c17-14-2-1-12(20-15(21)5-8-25(20,23)24)9-13(14)16(22)19-10-11-3-6-18-7-4-11/h1-4,6-7,9H,5,8,10H2,(H,19,22). The Balaban J connectivity index is 1.84. The molecule has 0 spiro atoms. The third kappa shape index (κ3) is 3.64. The fourth-order valence-corrected chi connectivity index (χ4v) is 4.12. The highest BCUT2D eigenvalue weighted by Gasteiger charge is 2.36. The molecule has 9 heteroatoms. The number of rotatable bonds is 4. The summed E-state index contributed by atoms with van der Waals surface area (Å²) in [5.41, 5.74) is 1.07. The largest absolute Gasteiger partial charge is 0.348 e. The molecule has 7 nitrogen and oxygen atoms in total. The number of nitrogens with one attached hydrogen (secondary N) is 1. The van der Waals surface area contributed by atoms with E-state index in [2.05, 4.69) is 10.3 Å². The Hall–Kier alpha value is -2.45. The molecule has 1 saturated heterocycles. The van der Waals surface area contributed by atoms with E-state index in [1.807, 2.05) is 0 Å². The van der Waals surface area contributed by atoms with Crippen LogP contribution in [0, 0.1) is 0 Å². The number of benzene rings is 1. The fraction of sp³-hybridized carbons (Fsp3) is 0.188. The number of sulfonamides is 1. The summed E-state index contributed by atoms with van der Waals surface area (Å²) in [5.74, 6) is -1.23. The maximum absolute atomic E-state index is 12.4. The minimum absolute atomic E-state index is 0.0749. The summed E-state index contributed by atoms with van der Waals surface area (Å²) in [5, 5.41) is 2.87. The summed E-state index contributed by atoms with van der Waals surface area (Å²) in [6.45, 7) is 0.267. The number of carbonyl (C=O) groups excluding carboxylic acids is 2. The summed E-state index contributed by atoms with van der Waals surface area (Å²) < 4.78 is 24.8. The van der Waals surface area contributed by atoms with E-state index >= 15 is 0 Å². The predicted molar refractivity (Wildman–Crippen MR) is 92.7 cm³/mol. The molecule has 1 fully saturated rings. The molecular formula is C16H14ClN3O4S. The number of hydrogen-bond acceptors (Lipinski definition) is 5. The van der Waals surface area contributed by atoms with Crippen LogP contribution in [0.1, 0.15) is 22.3 Å². The first-order valence-corrected chi connectivity index (χ1v) is 9.40. The second-order valence-electron chi connectivity index (χ2n) is 5.43. The van der Waals surface area contributed by atoms with Crippen LogP contribution in [0.25, 0.3) is 0 Å². The van der Waals surface area contributed by atoms with Crippen LogP contribution in [-0.4, -0.2) is 31.0 Å². The number of nitrogens with zero attached hydrogens (tertiary/aromatic N) is 2. The second kappa shape index (κ2) is 6.81. The number of anilines is 1. The van der Waals surface area contributed by atoms with Crippen molar-refractivity contribution in [2.24, 2.45) is 0 Å². The van der Waals surface area contributed by atoms with Gasteiger partial charge in [0.05, 0.1) is 22.0 Å². The van der Waals surface area contributed by atoms with E-state index in [1.165, 1.54) is 18.2 Å². The number of pyridine rings is 1. The van der Waals surface area contributed by atoms with Gasteiger partial charge in [-0.2, -0.15) is 0 Å². The smallest absolute Gasteiger partial charge is 0.253 e. The SMILES string of the molecule is O=C(NCc1ccncc1)c1cc(N2C(=O)CCS2(=O)=O)ccc1Cl. The average Bonchev–Trinajstić information content (AvgIpc) is 2.87. The number of aromatic nitrogens is 1. The number of amides is 2. The lowest BCUT2D eigenvalue weighted by molar-refractivity contribution is -0.116. The van der Waals surface area contributed by atoms with E-state index in [4.69, 9.17) is 11.6 Å². The van der Waals surface area contributed by atoms with Crippen molar-refractivity contribution in [3.63, 3.8) is 0 Å². The van der Waals surface area contributed by atoms with Gasteiger partial charge in [-0.1, -0.05) is 11.6 Å². The number of hydrogen-bond donors (Lipinski definition) is 1. The topological polar surface area (TPSA) is 96.4 Å². The third-order valence-corrected chi connectivity index (χ3v) is 5.73. The molecule has 1 N–H and O–H groups in total. The van der Waals surface area contributed by atoms with Crippen LogP contribution in [0.3, 0.4) is 0 Å². The zero-order valence-corrected chi connectivity index (χ0v) is 14.5. The van der Waals surface area contributed by atoms with Gasteiger partial charge < -0.3 is 5.32 Å². The van der Waals surface area contributed by atoms with E-state index in [-0.39, 0.29) is 35.0 Å². The van der Waals surface area contributed by atoms with E-state index in [9.17, 15) is 18.0 Å². The third-order valence-electron chi connectivity index (χ3n) is 3.71. The summed E-state index contributed by atoms with van der Waals surface area (Å²) >= 11 is 6.06. The molecular weight excluding hydrogens is 366 g/mol. The first-order valence-electron chi connectivity index (χ1n) is 7.41. The lowest BCUT2D eigenvalue weighted by Crippen LogP contribution is -2.30. The van der Waals surface area contributed by atoms with Crippen LogP contribution in [-0.2, 0) is 21.4 Å². The van der Waals surface area contributed by atoms with E-state index in [0.29, 0.717) is 0 Å². The second-order valence-corrected chi connectivity index (χ2v) is 7.77. The van der Waals surface area contributed by atoms with E-state index in [0.717, 1.165) is 9.87 Å². The molecule has 1 aromatic carbocycles. The monoisotopic (exact) mass is 379 g/mol. The summed E-state index contributed by atoms with van der Waals surface area (Å²) in [6.07, 6.45) is 3.15. The summed E-state index contributed by atoms with van der Waals surface area (Å²) in [4.78, 5) is 28.2. The van der Waals surface area contributed by atoms with Crippen molar-refractivity contribution in [3.8, 4) is 0 Å². The Labute approximate surface area is 149 Å². The van der Waals surface area contributed by atoms with Gasteiger partial charge in [0.2, 0.25) is 15.9 Å². The molecule has 1 aromatic heterocycles. The Bertz CT molecular complexity index is 932. The molecule has 2 amide bonds. The van der Waals surface area contributed by atoms with Crippen molar-refractivity contribution < 1.29 is 18.0 Å². The van der Waals surface area contributed by atoms with Gasteiger partial charge in [0.25, 0.3) is 5.91 Å². The molecule has 0 atom stereocenters. The Morgan fingerprint density at radius 2 is 1.96 bits per heavy atom. The molecule has 1 aliphatic heterocycles. The molecule has 130 valence electrons. The molecule has 0 saturated carbocycles. The molecule has 0 bridgehead atoms. The quantitative estimate of drug-likeness (QED) is 0.872. The zero-order chi connectivity index (χ0) is 18.0. The first kappa shape index (κ1) is 17.4. The van der Waals surface area contributed by atoms with Crippen molar-refractivity contribution in [1.29, 1.82) is 0 Å². The average molecular weight is 380 g/mol. The fourth-order valence-electron chi connectivity index (χ4n) is 2.46.